The zero-order valence-corrected chi connectivity index (χ0v) is 10.5. The predicted octanol–water partition coefficient (Wildman–Crippen LogP) is 2.68. The molecule has 0 bridgehead atoms. The van der Waals surface area contributed by atoms with Gasteiger partial charge in [-0.25, -0.2) is 0 Å². The zero-order chi connectivity index (χ0) is 11.5. The maximum absolute atomic E-state index is 6.31. The number of hydrogen-bond donors (Lipinski definition) is 1. The van der Waals surface area contributed by atoms with E-state index < -0.39 is 0 Å². The molecule has 0 radical (unpaired) electrons. The van der Waals surface area contributed by atoms with Crippen molar-refractivity contribution in [3.63, 3.8) is 0 Å². The number of hydrogen-bond acceptors (Lipinski definition) is 2. The van der Waals surface area contributed by atoms with E-state index in [1.807, 2.05) is 24.3 Å². The van der Waals surface area contributed by atoms with Crippen molar-refractivity contribution < 1.29 is 0 Å². The van der Waals surface area contributed by atoms with E-state index in [0.717, 1.165) is 23.7 Å². The van der Waals surface area contributed by atoms with Crippen molar-refractivity contribution in [2.75, 3.05) is 20.1 Å². The van der Waals surface area contributed by atoms with Crippen LogP contribution in [0.4, 0.5) is 0 Å². The minimum Gasteiger partial charge on any atom is -0.324 e. The second kappa shape index (κ2) is 5.17. The highest BCUT2D eigenvalue weighted by molar-refractivity contribution is 6.31. The molecule has 0 saturated carbocycles. The fraction of sp³-hybridized carbons (Fsp3) is 0.538. The van der Waals surface area contributed by atoms with Crippen molar-refractivity contribution in [3.05, 3.63) is 34.9 Å². The first-order valence-electron chi connectivity index (χ1n) is 5.87. The van der Waals surface area contributed by atoms with E-state index in [-0.39, 0.29) is 6.04 Å². The highest BCUT2D eigenvalue weighted by Crippen LogP contribution is 2.31. The molecule has 1 fully saturated rings. The summed E-state index contributed by atoms with van der Waals surface area (Å²) in [5, 5.41) is 0.800. The van der Waals surface area contributed by atoms with Crippen molar-refractivity contribution in [1.82, 2.24) is 4.90 Å². The van der Waals surface area contributed by atoms with E-state index in [2.05, 4.69) is 11.9 Å². The molecule has 1 unspecified atom stereocenters. The number of nitrogens with two attached hydrogens (primary N) is 1. The molecule has 1 heterocycles. The summed E-state index contributed by atoms with van der Waals surface area (Å²) < 4.78 is 0. The fourth-order valence-electron chi connectivity index (χ4n) is 2.39. The normalized spacial score (nSPS) is 20.9. The first-order chi connectivity index (χ1) is 7.68. The van der Waals surface area contributed by atoms with E-state index >= 15 is 0 Å². The van der Waals surface area contributed by atoms with Crippen LogP contribution in [-0.2, 0) is 0 Å². The van der Waals surface area contributed by atoms with E-state index in [9.17, 15) is 0 Å². The first kappa shape index (κ1) is 11.9. The molecular weight excluding hydrogens is 220 g/mol. The molecule has 2 nitrogen and oxygen atoms in total. The summed E-state index contributed by atoms with van der Waals surface area (Å²) in [5.74, 6) is 0.566. The second-order valence-electron chi connectivity index (χ2n) is 4.69. The van der Waals surface area contributed by atoms with Gasteiger partial charge in [0.15, 0.2) is 0 Å². The van der Waals surface area contributed by atoms with Crippen molar-refractivity contribution in [2.24, 2.45) is 11.7 Å². The average molecular weight is 239 g/mol. The van der Waals surface area contributed by atoms with Crippen LogP contribution >= 0.6 is 11.6 Å². The van der Waals surface area contributed by atoms with Crippen LogP contribution in [0, 0.1) is 5.92 Å². The molecule has 0 aromatic heterocycles. The molecule has 1 atom stereocenters. The van der Waals surface area contributed by atoms with Crippen molar-refractivity contribution in [3.8, 4) is 0 Å². The lowest BCUT2D eigenvalue weighted by Gasteiger charge is -2.33. The molecule has 0 amide bonds. The predicted molar refractivity (Wildman–Crippen MR) is 68.6 cm³/mol. The Morgan fingerprint density at radius 1 is 1.31 bits per heavy atom. The summed E-state index contributed by atoms with van der Waals surface area (Å²) in [5.41, 5.74) is 7.41. The fourth-order valence-corrected chi connectivity index (χ4v) is 2.65. The lowest BCUT2D eigenvalue weighted by Crippen LogP contribution is -2.35. The van der Waals surface area contributed by atoms with Crippen LogP contribution in [0.3, 0.4) is 0 Å². The smallest absolute Gasteiger partial charge is 0.0453 e. The van der Waals surface area contributed by atoms with Gasteiger partial charge in [0.25, 0.3) is 0 Å². The number of piperidine rings is 1. The number of halogens is 1. The first-order valence-corrected chi connectivity index (χ1v) is 6.25. The lowest BCUT2D eigenvalue weighted by atomic mass is 9.86. The Labute approximate surface area is 102 Å². The minimum absolute atomic E-state index is 0.0856. The van der Waals surface area contributed by atoms with Crippen LogP contribution in [0.2, 0.25) is 5.02 Å². The molecular formula is C13H19ClN2. The largest absolute Gasteiger partial charge is 0.324 e. The van der Waals surface area contributed by atoms with Crippen molar-refractivity contribution >= 4 is 11.6 Å². The molecule has 1 saturated heterocycles. The van der Waals surface area contributed by atoms with E-state index in [1.165, 1.54) is 12.8 Å². The molecule has 1 aliphatic heterocycles. The summed E-state index contributed by atoms with van der Waals surface area (Å²) in [6.07, 6.45) is 2.34. The summed E-state index contributed by atoms with van der Waals surface area (Å²) in [7, 11) is 2.16. The molecule has 88 valence electrons. The van der Waals surface area contributed by atoms with Gasteiger partial charge in [0, 0.05) is 11.1 Å². The third-order valence-corrected chi connectivity index (χ3v) is 3.88. The Morgan fingerprint density at radius 3 is 2.56 bits per heavy atom. The molecule has 0 aliphatic carbocycles. The summed E-state index contributed by atoms with van der Waals surface area (Å²) in [4.78, 5) is 2.36. The standard InChI is InChI=1S/C13H19ClN2/c1-16-8-6-10(7-9-16)13(15)11-4-2-3-5-12(11)14/h2-5,10,13H,6-9,15H2,1H3. The molecule has 1 aliphatic rings. The highest BCUT2D eigenvalue weighted by atomic mass is 35.5. The monoisotopic (exact) mass is 238 g/mol. The molecule has 0 spiro atoms. The maximum Gasteiger partial charge on any atom is 0.0453 e. The third kappa shape index (κ3) is 2.57. The minimum atomic E-state index is 0.0856. The van der Waals surface area contributed by atoms with Crippen LogP contribution in [0.15, 0.2) is 24.3 Å². The van der Waals surface area contributed by atoms with Gasteiger partial charge in [0.2, 0.25) is 0 Å². The van der Waals surface area contributed by atoms with Gasteiger partial charge in [-0.1, -0.05) is 29.8 Å². The Balaban J connectivity index is 2.07. The van der Waals surface area contributed by atoms with Crippen molar-refractivity contribution in [1.29, 1.82) is 0 Å². The van der Waals surface area contributed by atoms with Crippen LogP contribution in [0.1, 0.15) is 24.4 Å². The lowest BCUT2D eigenvalue weighted by molar-refractivity contribution is 0.199. The quantitative estimate of drug-likeness (QED) is 0.859. The van der Waals surface area contributed by atoms with Crippen LogP contribution in [0.25, 0.3) is 0 Å². The zero-order valence-electron chi connectivity index (χ0n) is 9.70. The Morgan fingerprint density at radius 2 is 1.94 bits per heavy atom. The SMILES string of the molecule is CN1CCC(C(N)c2ccccc2Cl)CC1. The van der Waals surface area contributed by atoms with Gasteiger partial charge < -0.3 is 10.6 Å². The average Bonchev–Trinajstić information content (AvgIpc) is 2.30. The molecule has 2 N–H and O–H groups in total. The summed E-state index contributed by atoms with van der Waals surface area (Å²) in [6, 6.07) is 8.02. The van der Waals surface area contributed by atoms with E-state index in [0.29, 0.717) is 5.92 Å². The molecule has 2 rings (SSSR count). The highest BCUT2D eigenvalue weighted by Gasteiger charge is 2.24. The Hall–Kier alpha value is -0.570. The van der Waals surface area contributed by atoms with Crippen LogP contribution < -0.4 is 5.73 Å². The molecule has 1 aromatic rings. The Kier molecular flexibility index (Phi) is 3.85. The maximum atomic E-state index is 6.31. The van der Waals surface area contributed by atoms with Gasteiger partial charge in [-0.3, -0.25) is 0 Å². The number of nitrogens with zero attached hydrogens (tertiary/aromatic N) is 1. The van der Waals surface area contributed by atoms with Gasteiger partial charge in [-0.05, 0) is 50.5 Å². The second-order valence-corrected chi connectivity index (χ2v) is 5.10. The number of benzene rings is 1. The van der Waals surface area contributed by atoms with E-state index in [4.69, 9.17) is 17.3 Å². The van der Waals surface area contributed by atoms with Gasteiger partial charge >= 0.3 is 0 Å². The van der Waals surface area contributed by atoms with Gasteiger partial charge in [0.1, 0.15) is 0 Å². The van der Waals surface area contributed by atoms with Gasteiger partial charge in [0.05, 0.1) is 0 Å². The summed E-state index contributed by atoms with van der Waals surface area (Å²) >= 11 is 6.18. The molecule has 16 heavy (non-hydrogen) atoms. The molecule has 3 heteroatoms. The van der Waals surface area contributed by atoms with Crippen LogP contribution in [0.5, 0.6) is 0 Å². The number of rotatable bonds is 2. The van der Waals surface area contributed by atoms with Crippen molar-refractivity contribution in [2.45, 2.75) is 18.9 Å². The topological polar surface area (TPSA) is 29.3 Å². The molecule has 1 aromatic carbocycles. The van der Waals surface area contributed by atoms with Crippen LogP contribution in [-0.4, -0.2) is 25.0 Å². The summed E-state index contributed by atoms with van der Waals surface area (Å²) in [6.45, 7) is 2.28. The number of likely N-dealkylation sites (tertiary alicyclic amines) is 1. The Bertz CT molecular complexity index is 346. The van der Waals surface area contributed by atoms with Gasteiger partial charge in [-0.15, -0.1) is 0 Å². The third-order valence-electron chi connectivity index (χ3n) is 3.54. The van der Waals surface area contributed by atoms with Gasteiger partial charge in [-0.2, -0.15) is 0 Å². The van der Waals surface area contributed by atoms with E-state index in [1.54, 1.807) is 0 Å².